The molecule has 2 aromatic carbocycles. The largest absolute Gasteiger partial charge is 0.489 e. The first-order valence-corrected chi connectivity index (χ1v) is 10.4. The third-order valence-electron chi connectivity index (χ3n) is 5.59. The number of halogens is 1. The number of piperidine rings is 1. The van der Waals surface area contributed by atoms with Crippen molar-refractivity contribution in [1.29, 1.82) is 0 Å². The number of hydrogen-bond donors (Lipinski definition) is 1. The predicted octanol–water partition coefficient (Wildman–Crippen LogP) is 4.23. The summed E-state index contributed by atoms with van der Waals surface area (Å²) in [4.78, 5) is 26.3. The van der Waals surface area contributed by atoms with Gasteiger partial charge < -0.3 is 24.1 Å². The lowest BCUT2D eigenvalue weighted by Crippen LogP contribution is -2.55. The molecule has 7 nitrogen and oxygen atoms in total. The minimum atomic E-state index is -1.26. The van der Waals surface area contributed by atoms with E-state index < -0.39 is 24.2 Å². The molecule has 0 saturated carbocycles. The highest BCUT2D eigenvalue weighted by molar-refractivity contribution is 6.07. The van der Waals surface area contributed by atoms with Crippen molar-refractivity contribution in [3.63, 3.8) is 0 Å². The van der Waals surface area contributed by atoms with Crippen LogP contribution in [0.5, 0.6) is 5.75 Å². The van der Waals surface area contributed by atoms with Crippen molar-refractivity contribution in [2.45, 2.75) is 32.2 Å². The fraction of sp³-hybridized carbons (Fsp3) is 0.333. The fourth-order valence-electron chi connectivity index (χ4n) is 3.91. The number of carbonyl (C=O) groups excluding carboxylic acids is 2. The van der Waals surface area contributed by atoms with Crippen molar-refractivity contribution in [2.24, 2.45) is 0 Å². The van der Waals surface area contributed by atoms with E-state index in [1.165, 1.54) is 12.0 Å². The number of fused-ring (bicyclic) bond motifs is 1. The van der Waals surface area contributed by atoms with Gasteiger partial charge >= 0.3 is 6.09 Å². The molecule has 1 aliphatic heterocycles. The molecule has 0 bridgehead atoms. The fourth-order valence-corrected chi connectivity index (χ4v) is 3.91. The van der Waals surface area contributed by atoms with E-state index in [9.17, 15) is 14.0 Å². The summed E-state index contributed by atoms with van der Waals surface area (Å²) >= 11 is 0. The monoisotopic (exact) mass is 440 g/mol. The molecule has 1 fully saturated rings. The number of rotatable bonds is 5. The van der Waals surface area contributed by atoms with Crippen LogP contribution in [0, 0.1) is 6.92 Å². The van der Waals surface area contributed by atoms with Crippen molar-refractivity contribution < 1.29 is 27.9 Å². The van der Waals surface area contributed by atoms with E-state index in [4.69, 9.17) is 13.9 Å². The lowest BCUT2D eigenvalue weighted by atomic mass is 10.0. The molecule has 8 heteroatoms. The summed E-state index contributed by atoms with van der Waals surface area (Å²) in [6.07, 6.45) is -1.67. The molecule has 1 N–H and O–H groups in total. The molecule has 3 aromatic rings. The van der Waals surface area contributed by atoms with E-state index in [-0.39, 0.29) is 19.5 Å². The van der Waals surface area contributed by atoms with Gasteiger partial charge in [-0.2, -0.15) is 0 Å². The van der Waals surface area contributed by atoms with Crippen LogP contribution in [-0.2, 0) is 11.3 Å². The minimum Gasteiger partial charge on any atom is -0.489 e. The van der Waals surface area contributed by atoms with Crippen LogP contribution in [0.3, 0.4) is 0 Å². The molecule has 2 amide bonds. The molecule has 2 unspecified atom stereocenters. The zero-order valence-electron chi connectivity index (χ0n) is 18.0. The number of likely N-dealkylation sites (tertiary alicyclic amines) is 1. The van der Waals surface area contributed by atoms with Gasteiger partial charge in [-0.3, -0.25) is 4.79 Å². The Morgan fingerprint density at radius 3 is 2.75 bits per heavy atom. The predicted molar refractivity (Wildman–Crippen MR) is 116 cm³/mol. The van der Waals surface area contributed by atoms with Gasteiger partial charge in [0.25, 0.3) is 5.91 Å². The van der Waals surface area contributed by atoms with Crippen LogP contribution in [0.15, 0.2) is 52.9 Å². The highest BCUT2D eigenvalue weighted by Crippen LogP contribution is 2.30. The zero-order valence-corrected chi connectivity index (χ0v) is 18.0. The Morgan fingerprint density at radius 2 is 2.00 bits per heavy atom. The molecule has 32 heavy (non-hydrogen) atoms. The normalized spacial score (nSPS) is 18.4. The second-order valence-corrected chi connectivity index (χ2v) is 7.77. The van der Waals surface area contributed by atoms with E-state index in [0.29, 0.717) is 34.6 Å². The number of methoxy groups -OCH3 is 1. The number of amides is 2. The van der Waals surface area contributed by atoms with E-state index in [0.717, 1.165) is 5.56 Å². The lowest BCUT2D eigenvalue weighted by molar-refractivity contribution is 0.0699. The van der Waals surface area contributed by atoms with Crippen LogP contribution in [0.1, 0.15) is 28.1 Å². The zero-order chi connectivity index (χ0) is 22.7. The Labute approximate surface area is 185 Å². The van der Waals surface area contributed by atoms with Crippen molar-refractivity contribution >= 4 is 23.0 Å². The molecule has 2 heterocycles. The van der Waals surface area contributed by atoms with Crippen LogP contribution in [-0.4, -0.2) is 49.3 Å². The Bertz CT molecular complexity index is 1110. The molecule has 1 saturated heterocycles. The van der Waals surface area contributed by atoms with Gasteiger partial charge in [0.05, 0.1) is 18.7 Å². The summed E-state index contributed by atoms with van der Waals surface area (Å²) in [6, 6.07) is 14.2. The Hall–Kier alpha value is -3.55. The number of aryl methyl sites for hydroxylation is 1. The average Bonchev–Trinajstić information content (AvgIpc) is 3.14. The van der Waals surface area contributed by atoms with Crippen molar-refractivity contribution in [3.05, 3.63) is 65.4 Å². The topological polar surface area (TPSA) is 81.0 Å². The molecule has 0 radical (unpaired) electrons. The third-order valence-corrected chi connectivity index (χ3v) is 5.59. The number of benzene rings is 2. The van der Waals surface area contributed by atoms with Crippen molar-refractivity contribution in [1.82, 2.24) is 10.2 Å². The summed E-state index contributed by atoms with van der Waals surface area (Å²) in [6.45, 7) is 2.36. The van der Waals surface area contributed by atoms with Gasteiger partial charge in [0, 0.05) is 18.5 Å². The molecule has 0 aliphatic carbocycles. The van der Waals surface area contributed by atoms with Crippen molar-refractivity contribution in [3.8, 4) is 5.75 Å². The number of alkyl halides is 1. The Morgan fingerprint density at radius 1 is 1.22 bits per heavy atom. The maximum absolute atomic E-state index is 14.5. The van der Waals surface area contributed by atoms with Crippen molar-refractivity contribution in [2.75, 3.05) is 20.2 Å². The Balaban J connectivity index is 1.52. The second-order valence-electron chi connectivity index (χ2n) is 7.77. The molecule has 1 aliphatic rings. The van der Waals surface area contributed by atoms with Crippen LogP contribution in [0.4, 0.5) is 9.18 Å². The molecule has 0 spiro atoms. The molecule has 4 rings (SSSR count). The van der Waals surface area contributed by atoms with Gasteiger partial charge in [0.15, 0.2) is 0 Å². The minimum absolute atomic E-state index is 0.0415. The van der Waals surface area contributed by atoms with Gasteiger partial charge in [-0.1, -0.05) is 30.3 Å². The van der Waals surface area contributed by atoms with Gasteiger partial charge in [-0.15, -0.1) is 0 Å². The Kier molecular flexibility index (Phi) is 6.30. The van der Waals surface area contributed by atoms with E-state index in [1.54, 1.807) is 25.1 Å². The molecule has 2 atom stereocenters. The van der Waals surface area contributed by atoms with Crippen LogP contribution in [0.2, 0.25) is 0 Å². The first-order chi connectivity index (χ1) is 15.5. The highest BCUT2D eigenvalue weighted by atomic mass is 19.1. The number of hydrogen-bond acceptors (Lipinski definition) is 5. The van der Waals surface area contributed by atoms with Gasteiger partial charge in [0.1, 0.15) is 29.9 Å². The van der Waals surface area contributed by atoms with Crippen LogP contribution >= 0.6 is 0 Å². The SMILES string of the molecule is COC(=O)N1CCC(F)C(NC(=O)c2c(C)oc3ccc(OCc4ccccc4)cc23)C1. The molecule has 1 aromatic heterocycles. The second kappa shape index (κ2) is 9.30. The third kappa shape index (κ3) is 4.54. The van der Waals surface area contributed by atoms with Gasteiger partial charge in [0.2, 0.25) is 0 Å². The first kappa shape index (κ1) is 21.7. The summed E-state index contributed by atoms with van der Waals surface area (Å²) < 4.78 is 30.8. The summed E-state index contributed by atoms with van der Waals surface area (Å²) in [5.74, 6) is 0.559. The summed E-state index contributed by atoms with van der Waals surface area (Å²) in [5, 5.41) is 3.31. The molecular weight excluding hydrogens is 415 g/mol. The van der Waals surface area contributed by atoms with E-state index >= 15 is 0 Å². The highest BCUT2D eigenvalue weighted by Gasteiger charge is 2.34. The number of nitrogens with one attached hydrogen (secondary N) is 1. The maximum Gasteiger partial charge on any atom is 0.409 e. The van der Waals surface area contributed by atoms with E-state index in [1.807, 2.05) is 30.3 Å². The quantitative estimate of drug-likeness (QED) is 0.642. The smallest absolute Gasteiger partial charge is 0.409 e. The average molecular weight is 440 g/mol. The number of carbonyl (C=O) groups is 2. The van der Waals surface area contributed by atoms with Gasteiger partial charge in [-0.05, 0) is 37.1 Å². The number of furan rings is 1. The van der Waals surface area contributed by atoms with Crippen LogP contribution in [0.25, 0.3) is 11.0 Å². The molecule has 168 valence electrons. The first-order valence-electron chi connectivity index (χ1n) is 10.4. The lowest BCUT2D eigenvalue weighted by Gasteiger charge is -2.34. The number of nitrogens with zero attached hydrogens (tertiary/aromatic N) is 1. The van der Waals surface area contributed by atoms with Gasteiger partial charge in [-0.25, -0.2) is 9.18 Å². The van der Waals surface area contributed by atoms with Crippen LogP contribution < -0.4 is 10.1 Å². The summed E-state index contributed by atoms with van der Waals surface area (Å²) in [7, 11) is 1.27. The number of ether oxygens (including phenoxy) is 2. The summed E-state index contributed by atoms with van der Waals surface area (Å²) in [5.41, 5.74) is 1.89. The van der Waals surface area contributed by atoms with E-state index in [2.05, 4.69) is 5.32 Å². The standard InChI is InChI=1S/C24H25FN2O5/c1-15-22(23(28)26-20-13-27(24(29)30-2)11-10-19(20)25)18-12-17(8-9-21(18)32-15)31-14-16-6-4-3-5-7-16/h3-9,12,19-20H,10-11,13-14H2,1-2H3,(H,26,28). The maximum atomic E-state index is 14.5. The molecular formula is C24H25FN2O5.